The van der Waals surface area contributed by atoms with E-state index in [0.29, 0.717) is 11.8 Å². The Morgan fingerprint density at radius 3 is 2.00 bits per heavy atom. The molecule has 1 fully saturated rings. The van der Waals surface area contributed by atoms with Crippen molar-refractivity contribution >= 4 is 0 Å². The van der Waals surface area contributed by atoms with E-state index in [-0.39, 0.29) is 13.2 Å². The standard InChI is InChI=1S/C7H15NO2/c9-4-6-1-7(5-10)3-8-2-6/h6-10H,1-5H2/t6-,7-/m0/s1. The van der Waals surface area contributed by atoms with E-state index in [1.165, 1.54) is 0 Å². The van der Waals surface area contributed by atoms with Crippen molar-refractivity contribution < 1.29 is 10.2 Å². The maximum Gasteiger partial charge on any atom is 0.0471 e. The van der Waals surface area contributed by atoms with Gasteiger partial charge >= 0.3 is 0 Å². The van der Waals surface area contributed by atoms with Crippen LogP contribution in [0.15, 0.2) is 0 Å². The van der Waals surface area contributed by atoms with Gasteiger partial charge in [0, 0.05) is 26.3 Å². The summed E-state index contributed by atoms with van der Waals surface area (Å²) in [4.78, 5) is 0. The zero-order valence-electron chi connectivity index (χ0n) is 6.08. The Morgan fingerprint density at radius 1 is 1.10 bits per heavy atom. The summed E-state index contributed by atoms with van der Waals surface area (Å²) in [5.74, 6) is 0.705. The zero-order chi connectivity index (χ0) is 7.40. The SMILES string of the molecule is OC[C@@H]1CNC[C@@H](CO)C1. The highest BCUT2D eigenvalue weighted by molar-refractivity contribution is 4.74. The molecule has 3 N–H and O–H groups in total. The van der Waals surface area contributed by atoms with Crippen molar-refractivity contribution in [1.29, 1.82) is 0 Å². The van der Waals surface area contributed by atoms with Crippen LogP contribution >= 0.6 is 0 Å². The van der Waals surface area contributed by atoms with Gasteiger partial charge in [-0.15, -0.1) is 0 Å². The summed E-state index contributed by atoms with van der Waals surface area (Å²) in [5, 5.41) is 20.7. The summed E-state index contributed by atoms with van der Waals surface area (Å²) in [5.41, 5.74) is 0. The molecule has 1 heterocycles. The van der Waals surface area contributed by atoms with Crippen molar-refractivity contribution in [3.8, 4) is 0 Å². The van der Waals surface area contributed by atoms with E-state index in [2.05, 4.69) is 5.32 Å². The van der Waals surface area contributed by atoms with Gasteiger partial charge in [-0.3, -0.25) is 0 Å². The third-order valence-corrected chi connectivity index (χ3v) is 2.05. The van der Waals surface area contributed by atoms with Gasteiger partial charge in [0.15, 0.2) is 0 Å². The molecular formula is C7H15NO2. The maximum atomic E-state index is 8.78. The first-order valence-corrected chi connectivity index (χ1v) is 3.79. The number of rotatable bonds is 2. The summed E-state index contributed by atoms with van der Waals surface area (Å²) in [7, 11) is 0. The minimum absolute atomic E-state index is 0.240. The Kier molecular flexibility index (Phi) is 3.12. The second kappa shape index (κ2) is 3.91. The Balaban J connectivity index is 2.25. The fourth-order valence-corrected chi connectivity index (χ4v) is 1.41. The fraction of sp³-hybridized carbons (Fsp3) is 1.00. The lowest BCUT2D eigenvalue weighted by molar-refractivity contribution is 0.132. The molecule has 0 aromatic heterocycles. The molecule has 0 spiro atoms. The van der Waals surface area contributed by atoms with Crippen LogP contribution in [0.5, 0.6) is 0 Å². The molecule has 2 atom stereocenters. The highest BCUT2D eigenvalue weighted by Crippen LogP contribution is 2.14. The molecule has 3 heteroatoms. The summed E-state index contributed by atoms with van der Waals surface area (Å²) in [6.45, 7) is 2.27. The number of piperidine rings is 1. The number of nitrogens with one attached hydrogen (secondary N) is 1. The molecule has 1 aliphatic rings. The third-order valence-electron chi connectivity index (χ3n) is 2.05. The van der Waals surface area contributed by atoms with E-state index in [4.69, 9.17) is 10.2 Å². The summed E-state index contributed by atoms with van der Waals surface area (Å²) in [6, 6.07) is 0. The average Bonchev–Trinajstić information content (AvgIpc) is 2.05. The van der Waals surface area contributed by atoms with Crippen LogP contribution in [0.4, 0.5) is 0 Å². The lowest BCUT2D eigenvalue weighted by atomic mass is 9.92. The van der Waals surface area contributed by atoms with Gasteiger partial charge in [0.2, 0.25) is 0 Å². The summed E-state index contributed by atoms with van der Waals surface area (Å²) >= 11 is 0. The van der Waals surface area contributed by atoms with Crippen LogP contribution in [-0.4, -0.2) is 36.5 Å². The molecule has 0 bridgehead atoms. The summed E-state index contributed by atoms with van der Waals surface area (Å²) < 4.78 is 0. The Bertz CT molecular complexity index is 87.6. The van der Waals surface area contributed by atoms with Crippen molar-refractivity contribution in [3.63, 3.8) is 0 Å². The van der Waals surface area contributed by atoms with Gasteiger partial charge in [-0.25, -0.2) is 0 Å². The van der Waals surface area contributed by atoms with E-state index in [9.17, 15) is 0 Å². The van der Waals surface area contributed by atoms with Crippen LogP contribution in [0.2, 0.25) is 0 Å². The second-order valence-corrected chi connectivity index (χ2v) is 2.99. The minimum Gasteiger partial charge on any atom is -0.396 e. The van der Waals surface area contributed by atoms with Crippen LogP contribution in [-0.2, 0) is 0 Å². The Morgan fingerprint density at radius 2 is 1.60 bits per heavy atom. The molecule has 1 rings (SSSR count). The quantitative estimate of drug-likeness (QED) is 0.476. The predicted octanol–water partition coefficient (Wildman–Crippen LogP) is -0.803. The first-order valence-electron chi connectivity index (χ1n) is 3.79. The minimum atomic E-state index is 0.240. The average molecular weight is 145 g/mol. The molecule has 3 nitrogen and oxygen atoms in total. The maximum absolute atomic E-state index is 8.78. The van der Waals surface area contributed by atoms with Gasteiger partial charge in [-0.05, 0) is 18.3 Å². The second-order valence-electron chi connectivity index (χ2n) is 2.99. The predicted molar refractivity (Wildman–Crippen MR) is 38.6 cm³/mol. The Labute approximate surface area is 61.1 Å². The van der Waals surface area contributed by atoms with Crippen molar-refractivity contribution in [2.24, 2.45) is 11.8 Å². The number of aliphatic hydroxyl groups is 2. The lowest BCUT2D eigenvalue weighted by Crippen LogP contribution is -2.39. The van der Waals surface area contributed by atoms with Crippen molar-refractivity contribution in [2.45, 2.75) is 6.42 Å². The van der Waals surface area contributed by atoms with E-state index >= 15 is 0 Å². The number of hydrogen-bond acceptors (Lipinski definition) is 3. The van der Waals surface area contributed by atoms with E-state index < -0.39 is 0 Å². The van der Waals surface area contributed by atoms with Crippen molar-refractivity contribution in [3.05, 3.63) is 0 Å². The molecule has 1 saturated heterocycles. The van der Waals surface area contributed by atoms with Gasteiger partial charge in [0.1, 0.15) is 0 Å². The molecule has 0 unspecified atom stereocenters. The molecule has 0 aromatic carbocycles. The van der Waals surface area contributed by atoms with Crippen LogP contribution < -0.4 is 5.32 Å². The zero-order valence-corrected chi connectivity index (χ0v) is 6.08. The molecule has 0 aromatic rings. The highest BCUT2D eigenvalue weighted by atomic mass is 16.3. The van der Waals surface area contributed by atoms with Crippen LogP contribution in [0.25, 0.3) is 0 Å². The third kappa shape index (κ3) is 1.94. The first-order chi connectivity index (χ1) is 4.86. The van der Waals surface area contributed by atoms with Gasteiger partial charge in [0.05, 0.1) is 0 Å². The van der Waals surface area contributed by atoms with Gasteiger partial charge in [0.25, 0.3) is 0 Å². The smallest absolute Gasteiger partial charge is 0.0471 e. The summed E-state index contributed by atoms with van der Waals surface area (Å²) in [6.07, 6.45) is 0.958. The molecule has 0 aliphatic carbocycles. The normalized spacial score (nSPS) is 34.2. The molecule has 0 radical (unpaired) electrons. The van der Waals surface area contributed by atoms with E-state index in [0.717, 1.165) is 19.5 Å². The number of hydrogen-bond donors (Lipinski definition) is 3. The van der Waals surface area contributed by atoms with Crippen LogP contribution in [0.3, 0.4) is 0 Å². The lowest BCUT2D eigenvalue weighted by Gasteiger charge is -2.27. The van der Waals surface area contributed by atoms with E-state index in [1.807, 2.05) is 0 Å². The van der Waals surface area contributed by atoms with Gasteiger partial charge in [-0.1, -0.05) is 0 Å². The first kappa shape index (κ1) is 7.98. The molecular weight excluding hydrogens is 130 g/mol. The van der Waals surface area contributed by atoms with Crippen LogP contribution in [0, 0.1) is 11.8 Å². The molecule has 10 heavy (non-hydrogen) atoms. The highest BCUT2D eigenvalue weighted by Gasteiger charge is 2.19. The van der Waals surface area contributed by atoms with E-state index in [1.54, 1.807) is 0 Å². The monoisotopic (exact) mass is 145 g/mol. The van der Waals surface area contributed by atoms with Crippen LogP contribution in [0.1, 0.15) is 6.42 Å². The van der Waals surface area contributed by atoms with Gasteiger partial charge < -0.3 is 15.5 Å². The van der Waals surface area contributed by atoms with Crippen molar-refractivity contribution in [1.82, 2.24) is 5.32 Å². The van der Waals surface area contributed by atoms with Gasteiger partial charge in [-0.2, -0.15) is 0 Å². The van der Waals surface area contributed by atoms with Crippen molar-refractivity contribution in [2.75, 3.05) is 26.3 Å². The molecule has 0 amide bonds. The largest absolute Gasteiger partial charge is 0.396 e. The molecule has 60 valence electrons. The molecule has 1 aliphatic heterocycles. The topological polar surface area (TPSA) is 52.5 Å². The molecule has 0 saturated carbocycles. The fourth-order valence-electron chi connectivity index (χ4n) is 1.41. The number of aliphatic hydroxyl groups excluding tert-OH is 2. The Hall–Kier alpha value is -0.120.